The van der Waals surface area contributed by atoms with Crippen LogP contribution in [0.4, 0.5) is 0 Å². The molecule has 344 valence electrons. The molecule has 14 rings (SSSR count). The Balaban J connectivity index is 0.00000129. The van der Waals surface area contributed by atoms with E-state index in [4.69, 9.17) is 19.4 Å². The van der Waals surface area contributed by atoms with Gasteiger partial charge in [-0.3, -0.25) is 0 Å². The van der Waals surface area contributed by atoms with Crippen LogP contribution in [0, 0.1) is 0 Å². The van der Waals surface area contributed by atoms with E-state index in [9.17, 15) is 0 Å². The van der Waals surface area contributed by atoms with Crippen LogP contribution in [0.3, 0.4) is 0 Å². The van der Waals surface area contributed by atoms with Crippen molar-refractivity contribution in [1.29, 1.82) is 0 Å². The molecule has 72 heavy (non-hydrogen) atoms. The van der Waals surface area contributed by atoms with Gasteiger partial charge in [-0.05, 0) is 104 Å². The second-order valence-electron chi connectivity index (χ2n) is 17.5. The fourth-order valence-electron chi connectivity index (χ4n) is 10.6. The zero-order valence-corrected chi connectivity index (χ0v) is 40.6. The van der Waals surface area contributed by atoms with Gasteiger partial charge >= 0.3 is 0 Å². The fourth-order valence-corrected chi connectivity index (χ4v) is 10.6. The zero-order valence-electron chi connectivity index (χ0n) is 40.6. The van der Waals surface area contributed by atoms with E-state index in [1.165, 1.54) is 48.9 Å². The summed E-state index contributed by atoms with van der Waals surface area (Å²) < 4.78 is 9.11. The van der Waals surface area contributed by atoms with Crippen LogP contribution in [-0.2, 0) is 0 Å². The van der Waals surface area contributed by atoms with Gasteiger partial charge in [0.05, 0.1) is 11.0 Å². The third-order valence-corrected chi connectivity index (χ3v) is 13.6. The Kier molecular flexibility index (Phi) is 11.4. The highest BCUT2D eigenvalue weighted by atomic mass is 16.3. The lowest BCUT2D eigenvalue weighted by Gasteiger charge is -2.14. The average Bonchev–Trinajstić information content (AvgIpc) is 4.02. The van der Waals surface area contributed by atoms with Crippen LogP contribution in [0.5, 0.6) is 0 Å². The lowest BCUT2D eigenvalue weighted by atomic mass is 9.89. The molecule has 0 bridgehead atoms. The van der Waals surface area contributed by atoms with Crippen molar-refractivity contribution in [1.82, 2.24) is 19.5 Å². The molecule has 0 spiro atoms. The van der Waals surface area contributed by atoms with Crippen LogP contribution in [-0.4, -0.2) is 19.5 Å². The van der Waals surface area contributed by atoms with Gasteiger partial charge in [-0.1, -0.05) is 204 Å². The quantitative estimate of drug-likeness (QED) is 0.149. The van der Waals surface area contributed by atoms with Crippen molar-refractivity contribution in [2.75, 3.05) is 0 Å². The van der Waals surface area contributed by atoms with Gasteiger partial charge in [0.25, 0.3) is 0 Å². The van der Waals surface area contributed by atoms with E-state index >= 15 is 0 Å². The summed E-state index contributed by atoms with van der Waals surface area (Å²) in [5.74, 6) is 1.77. The first-order valence-corrected chi connectivity index (χ1v) is 25.0. The molecule has 3 aromatic heterocycles. The first-order chi connectivity index (χ1) is 35.7. The topological polar surface area (TPSA) is 56.7 Å². The first-order valence-electron chi connectivity index (χ1n) is 25.0. The second kappa shape index (κ2) is 18.6. The molecule has 0 aliphatic rings. The zero-order chi connectivity index (χ0) is 48.7. The molecule has 0 unspecified atom stereocenters. The average molecular weight is 927 g/mol. The molecule has 0 atom stereocenters. The number of hydrogen-bond acceptors (Lipinski definition) is 4. The predicted molar refractivity (Wildman–Crippen MR) is 303 cm³/mol. The summed E-state index contributed by atoms with van der Waals surface area (Å²) in [6, 6.07) is 81.5. The van der Waals surface area contributed by atoms with Gasteiger partial charge in [0.15, 0.2) is 17.5 Å². The smallest absolute Gasteiger partial charge is 0.164 e. The van der Waals surface area contributed by atoms with E-state index in [1.807, 2.05) is 52.0 Å². The largest absolute Gasteiger partial charge is 0.456 e. The number of fused-ring (bicyclic) bond motifs is 6. The Morgan fingerprint density at radius 1 is 0.292 bits per heavy atom. The normalized spacial score (nSPS) is 11.3. The van der Waals surface area contributed by atoms with Gasteiger partial charge in [0, 0.05) is 49.3 Å². The molecular weight excluding hydrogens is 877 g/mol. The molecule has 5 heteroatoms. The van der Waals surface area contributed by atoms with Crippen molar-refractivity contribution in [3.63, 3.8) is 0 Å². The highest BCUT2D eigenvalue weighted by Gasteiger charge is 2.24. The number of nitrogens with zero attached hydrogens (tertiary/aromatic N) is 4. The number of benzene rings is 11. The minimum Gasteiger partial charge on any atom is -0.456 e. The van der Waals surface area contributed by atoms with Gasteiger partial charge in [0.2, 0.25) is 0 Å². The van der Waals surface area contributed by atoms with E-state index in [-0.39, 0.29) is 0 Å². The molecule has 14 aromatic rings. The molecule has 0 N–H and O–H groups in total. The van der Waals surface area contributed by atoms with E-state index in [2.05, 4.69) is 211 Å². The molecular formula is C67H50N4O. The van der Waals surface area contributed by atoms with Crippen LogP contribution < -0.4 is 0 Å². The highest BCUT2D eigenvalue weighted by molar-refractivity contribution is 6.36. The van der Waals surface area contributed by atoms with Crippen LogP contribution in [0.1, 0.15) is 27.7 Å². The Morgan fingerprint density at radius 2 is 0.806 bits per heavy atom. The van der Waals surface area contributed by atoms with Crippen LogP contribution in [0.2, 0.25) is 0 Å². The maximum Gasteiger partial charge on any atom is 0.164 e. The third kappa shape index (κ3) is 7.37. The van der Waals surface area contributed by atoms with Crippen molar-refractivity contribution in [3.8, 4) is 73.2 Å². The standard InChI is InChI=1S/C63H38N4O.2C2H6/c1-4-16-39(17-5-1)41-20-12-22-44(36-41)61-64-62(45-23-13-21-42(37-45)40-18-6-2-7-19-40)66-63(65-61)51-29-15-31-56-57(51)52-38-43(32-35-55(52)68-56)47-33-34-54-60-58(47)49-27-11-10-26-48(49)50-28-14-30-53(59(50)60)67(54)46-24-8-3-9-25-46;2*1-2/h1-38H;2*1-2H3. The lowest BCUT2D eigenvalue weighted by molar-refractivity contribution is 0.669. The van der Waals surface area contributed by atoms with Gasteiger partial charge < -0.3 is 8.98 Å². The molecule has 0 fully saturated rings. The van der Waals surface area contributed by atoms with E-state index in [0.29, 0.717) is 17.5 Å². The van der Waals surface area contributed by atoms with E-state index < -0.39 is 0 Å². The van der Waals surface area contributed by atoms with Crippen LogP contribution in [0.15, 0.2) is 235 Å². The Hall–Kier alpha value is -9.19. The summed E-state index contributed by atoms with van der Waals surface area (Å²) in [5, 5.41) is 9.49. The number of aromatic nitrogens is 4. The molecule has 0 saturated heterocycles. The number of rotatable bonds is 7. The minimum absolute atomic E-state index is 0.575. The summed E-state index contributed by atoms with van der Waals surface area (Å²) in [7, 11) is 0. The molecule has 5 nitrogen and oxygen atoms in total. The SMILES string of the molecule is CC.CC.c1ccc(-c2cccc(-c3nc(-c4cccc(-c5ccccc5)c4)nc(-c4cccc5oc6ccc(-c7ccc8c9c7c7ccccc7c7cccc(c79)n8-c7ccccc7)cc6c45)n3)c2)cc1. The third-order valence-electron chi connectivity index (χ3n) is 13.6. The summed E-state index contributed by atoms with van der Waals surface area (Å²) in [6.07, 6.45) is 0. The highest BCUT2D eigenvalue weighted by Crippen LogP contribution is 2.48. The second-order valence-corrected chi connectivity index (χ2v) is 17.5. The van der Waals surface area contributed by atoms with Gasteiger partial charge in [-0.15, -0.1) is 0 Å². The number of furan rings is 1. The van der Waals surface area contributed by atoms with Gasteiger partial charge in [0.1, 0.15) is 11.2 Å². The van der Waals surface area contributed by atoms with Crippen molar-refractivity contribution < 1.29 is 4.42 Å². The molecule has 11 aromatic carbocycles. The van der Waals surface area contributed by atoms with E-state index in [1.54, 1.807) is 0 Å². The molecule has 0 radical (unpaired) electrons. The first kappa shape index (κ1) is 44.0. The molecule has 0 aliphatic carbocycles. The minimum atomic E-state index is 0.575. The summed E-state index contributed by atoms with van der Waals surface area (Å²) in [4.78, 5) is 15.8. The van der Waals surface area contributed by atoms with E-state index in [0.717, 1.165) is 72.1 Å². The fraction of sp³-hybridized carbons (Fsp3) is 0.0597. The Labute approximate surface area is 418 Å². The molecule has 0 amide bonds. The molecule has 0 aliphatic heterocycles. The molecule has 0 saturated carbocycles. The van der Waals surface area contributed by atoms with Crippen molar-refractivity contribution in [2.24, 2.45) is 0 Å². The van der Waals surface area contributed by atoms with Gasteiger partial charge in [-0.2, -0.15) is 0 Å². The summed E-state index contributed by atoms with van der Waals surface area (Å²) >= 11 is 0. The van der Waals surface area contributed by atoms with Crippen molar-refractivity contribution >= 4 is 65.3 Å². The van der Waals surface area contributed by atoms with Crippen LogP contribution >= 0.6 is 0 Å². The molecule has 3 heterocycles. The Morgan fingerprint density at radius 3 is 1.47 bits per heavy atom. The van der Waals surface area contributed by atoms with Crippen molar-refractivity contribution in [3.05, 3.63) is 231 Å². The van der Waals surface area contributed by atoms with Gasteiger partial charge in [-0.25, -0.2) is 15.0 Å². The van der Waals surface area contributed by atoms with Crippen LogP contribution in [0.25, 0.3) is 139 Å². The monoisotopic (exact) mass is 926 g/mol. The predicted octanol–water partition coefficient (Wildman–Crippen LogP) is 18.7. The summed E-state index contributed by atoms with van der Waals surface area (Å²) in [5.41, 5.74) is 14.5. The van der Waals surface area contributed by atoms with Crippen molar-refractivity contribution in [2.45, 2.75) is 27.7 Å². The maximum atomic E-state index is 6.69. The Bertz CT molecular complexity index is 4150. The number of para-hydroxylation sites is 1. The summed E-state index contributed by atoms with van der Waals surface area (Å²) in [6.45, 7) is 8.00. The lowest BCUT2D eigenvalue weighted by Crippen LogP contribution is -2.00. The number of hydrogen-bond donors (Lipinski definition) is 0. The maximum absolute atomic E-state index is 6.69.